The minimum absolute atomic E-state index is 0. The fraction of sp³-hybridized carbons (Fsp3) is 0. The van der Waals surface area contributed by atoms with Crippen molar-refractivity contribution >= 4 is 143 Å². The van der Waals surface area contributed by atoms with Crippen LogP contribution in [0.15, 0.2) is 0 Å². The quantitative estimate of drug-likeness (QED) is 0.216. The van der Waals surface area contributed by atoms with Gasteiger partial charge in [-0.3, -0.25) is 0 Å². The zero-order valence-electron chi connectivity index (χ0n) is 4.24. The van der Waals surface area contributed by atoms with Crippen LogP contribution < -0.4 is 0 Å². The van der Waals surface area contributed by atoms with Gasteiger partial charge >= 0.3 is 143 Å². The Labute approximate surface area is 140 Å². The van der Waals surface area contributed by atoms with E-state index in [0.717, 1.165) is 0 Å². The van der Waals surface area contributed by atoms with E-state index in [1.807, 2.05) is 0 Å². The fourth-order valence-electron chi connectivity index (χ4n) is 0. The third kappa shape index (κ3) is 72.7. The maximum atomic E-state index is 2.56. The molecule has 0 nitrogen and oxygen atoms in total. The van der Waals surface area contributed by atoms with Crippen LogP contribution in [0.4, 0.5) is 0 Å². The first-order valence-corrected chi connectivity index (χ1v) is 19.7. The summed E-state index contributed by atoms with van der Waals surface area (Å²) in [6.45, 7) is 0. The molecule has 64 valence electrons. The molecular formula is H4Se10. The van der Waals surface area contributed by atoms with Crippen LogP contribution in [0.1, 0.15) is 0 Å². The molecule has 10 heteroatoms. The Hall–Kier alpha value is 5.19. The molecule has 8 radical (unpaired) electrons. The maximum absolute atomic E-state index is 2.56. The number of hydrogen-bond acceptors (Lipinski definition) is 0. The molecule has 0 aliphatic heterocycles. The molecule has 0 aliphatic carbocycles. The van der Waals surface area contributed by atoms with Crippen LogP contribution in [0.5, 0.6) is 0 Å². The van der Waals surface area contributed by atoms with Gasteiger partial charge in [0.1, 0.15) is 0 Å². The molecule has 0 atom stereocenters. The molecule has 0 amide bonds. The second kappa shape index (κ2) is 91.6. The summed E-state index contributed by atoms with van der Waals surface area (Å²) >= 11 is 19.0. The normalized spacial score (nSPS) is 2.00. The molecule has 0 aliphatic rings. The third-order valence-corrected chi connectivity index (χ3v) is 0. The van der Waals surface area contributed by atoms with E-state index in [4.69, 9.17) is 0 Å². The average Bonchev–Trinajstić information content (AvgIpc) is 2.03. The van der Waals surface area contributed by atoms with Gasteiger partial charge in [0.2, 0.25) is 0 Å². The first kappa shape index (κ1) is 36.2. The summed E-state index contributed by atoms with van der Waals surface area (Å²) < 4.78 is 0. The summed E-state index contributed by atoms with van der Waals surface area (Å²) in [5.74, 6) is 0. The molecule has 0 rings (SSSR count). The van der Waals surface area contributed by atoms with Crippen molar-refractivity contribution in [3.63, 3.8) is 0 Å². The van der Waals surface area contributed by atoms with Gasteiger partial charge in [0.25, 0.3) is 0 Å². The molecule has 0 aromatic carbocycles. The molecule has 0 N–H and O–H groups in total. The second-order valence-electron chi connectivity index (χ2n) is 0. The van der Waals surface area contributed by atoms with Crippen LogP contribution in [-0.4, -0.2) is 143 Å². The van der Waals surface area contributed by atoms with Crippen LogP contribution in [0.25, 0.3) is 0 Å². The van der Waals surface area contributed by atoms with E-state index in [2.05, 4.69) is 109 Å². The number of hydrogen-bond donors (Lipinski definition) is 0. The van der Waals surface area contributed by atoms with Crippen molar-refractivity contribution in [3.8, 4) is 0 Å². The van der Waals surface area contributed by atoms with Gasteiger partial charge in [-0.1, -0.05) is 0 Å². The van der Waals surface area contributed by atoms with Crippen LogP contribution in [0, 0.1) is 0 Å². The summed E-state index contributed by atoms with van der Waals surface area (Å²) in [5.41, 5.74) is 0. The Morgan fingerprint density at radius 3 is 0.400 bits per heavy atom. The summed E-state index contributed by atoms with van der Waals surface area (Å²) in [6.07, 6.45) is 0. The standard InChI is InChI=1S/4HSe2.2Se/c4*1-2;;/h4*1H;;/q4*-1;2*+2. The molecule has 0 heterocycles. The summed E-state index contributed by atoms with van der Waals surface area (Å²) in [6, 6.07) is 0. The molecule has 10 heavy (non-hydrogen) atoms. The third-order valence-electron chi connectivity index (χ3n) is 0. The second-order valence-corrected chi connectivity index (χ2v) is 0. The van der Waals surface area contributed by atoms with E-state index in [0.29, 0.717) is 0 Å². The first-order chi connectivity index (χ1) is 4.00. The van der Waals surface area contributed by atoms with Gasteiger partial charge in [-0.15, -0.1) is 0 Å². The zero-order valence-corrected chi connectivity index (χ0v) is 22.0. The SMILES string of the molecule is [Se+2].[Se+2].[Se]=[SeH-].[Se]=[SeH-].[Se]=[SeH-].[Se]=[SeH-]. The van der Waals surface area contributed by atoms with Crippen molar-refractivity contribution in [2.75, 3.05) is 0 Å². The van der Waals surface area contributed by atoms with Crippen molar-refractivity contribution in [3.05, 3.63) is 0 Å². The Balaban J connectivity index is -0.00000000500. The Bertz CT molecular complexity index is 8.00. The van der Waals surface area contributed by atoms with Crippen molar-refractivity contribution < 1.29 is 0 Å². The van der Waals surface area contributed by atoms with Gasteiger partial charge in [-0.05, 0) is 0 Å². The molecule has 0 unspecified atom stereocenters. The molecule has 0 fully saturated rings. The van der Waals surface area contributed by atoms with Crippen LogP contribution in [0.2, 0.25) is 0 Å². The van der Waals surface area contributed by atoms with Crippen molar-refractivity contribution in [2.24, 2.45) is 0 Å². The minimum atomic E-state index is 0. The summed E-state index contributed by atoms with van der Waals surface area (Å²) in [4.78, 5) is 0. The van der Waals surface area contributed by atoms with Crippen molar-refractivity contribution in [1.82, 2.24) is 0 Å². The van der Waals surface area contributed by atoms with Gasteiger partial charge in [-0.2, -0.15) is 0 Å². The fourth-order valence-corrected chi connectivity index (χ4v) is 0. The van der Waals surface area contributed by atoms with Gasteiger partial charge < -0.3 is 0 Å². The zero-order chi connectivity index (χ0) is 8.00. The molecule has 0 saturated carbocycles. The molecule has 0 saturated heterocycles. The van der Waals surface area contributed by atoms with Gasteiger partial charge in [0, 0.05) is 0 Å². The van der Waals surface area contributed by atoms with E-state index in [9.17, 15) is 0 Å². The molecule has 0 spiro atoms. The summed E-state index contributed by atoms with van der Waals surface area (Å²) in [7, 11) is 0. The molecular weight excluding hydrogens is 790 g/mol. The number of rotatable bonds is 0. The van der Waals surface area contributed by atoms with Crippen LogP contribution in [-0.2, 0) is 0 Å². The van der Waals surface area contributed by atoms with Gasteiger partial charge in [0.05, 0.1) is 0 Å². The summed E-state index contributed by atoms with van der Waals surface area (Å²) in [5, 5.41) is 0. The van der Waals surface area contributed by atoms with E-state index >= 15 is 0 Å². The topological polar surface area (TPSA) is 0 Å². The predicted molar refractivity (Wildman–Crippen MR) is 63.1 cm³/mol. The van der Waals surface area contributed by atoms with Crippen LogP contribution in [0.3, 0.4) is 0 Å². The average molecular weight is 794 g/mol. The Morgan fingerprint density at radius 1 is 0.400 bits per heavy atom. The van der Waals surface area contributed by atoms with Gasteiger partial charge in [0.15, 0.2) is 0 Å². The van der Waals surface area contributed by atoms with Crippen LogP contribution >= 0.6 is 0 Å². The van der Waals surface area contributed by atoms with E-state index in [-0.39, 0.29) is 34.1 Å². The van der Waals surface area contributed by atoms with Crippen molar-refractivity contribution in [2.45, 2.75) is 0 Å². The Kier molecular flexibility index (Phi) is 332. The predicted octanol–water partition coefficient (Wildman–Crippen LogP) is -4.88. The monoisotopic (exact) mass is 803 g/mol. The molecule has 0 aromatic rings. The van der Waals surface area contributed by atoms with Crippen molar-refractivity contribution in [1.29, 1.82) is 0 Å². The van der Waals surface area contributed by atoms with E-state index in [1.165, 1.54) is 0 Å². The first-order valence-electron chi connectivity index (χ1n) is 0.730. The van der Waals surface area contributed by atoms with E-state index in [1.54, 1.807) is 0 Å². The Morgan fingerprint density at radius 2 is 0.400 bits per heavy atom. The molecule has 0 aromatic heterocycles. The van der Waals surface area contributed by atoms with Gasteiger partial charge in [-0.25, -0.2) is 0 Å². The molecule has 0 bridgehead atoms. The van der Waals surface area contributed by atoms with E-state index < -0.39 is 0 Å².